The van der Waals surface area contributed by atoms with Crippen LogP contribution in [0.3, 0.4) is 0 Å². The highest BCUT2D eigenvalue weighted by molar-refractivity contribution is 5.72. The fourth-order valence-electron chi connectivity index (χ4n) is 2.36. The number of ether oxygens (including phenoxy) is 1. The van der Waals surface area contributed by atoms with Crippen molar-refractivity contribution in [3.8, 4) is 0 Å². The number of hydrogen-bond donors (Lipinski definition) is 0. The van der Waals surface area contributed by atoms with E-state index in [2.05, 4.69) is 19.0 Å². The van der Waals surface area contributed by atoms with Crippen molar-refractivity contribution in [3.63, 3.8) is 0 Å². The number of rotatable bonds is 3. The van der Waals surface area contributed by atoms with Crippen LogP contribution in [0.15, 0.2) is 0 Å². The van der Waals surface area contributed by atoms with Gasteiger partial charge in [-0.1, -0.05) is 12.8 Å². The summed E-state index contributed by atoms with van der Waals surface area (Å²) in [6.07, 6.45) is 4.60. The summed E-state index contributed by atoms with van der Waals surface area (Å²) in [5.41, 5.74) is 0. The van der Waals surface area contributed by atoms with Gasteiger partial charge in [0.2, 0.25) is 0 Å². The van der Waals surface area contributed by atoms with Crippen molar-refractivity contribution in [3.05, 3.63) is 0 Å². The lowest BCUT2D eigenvalue weighted by atomic mass is 9.79. The molecule has 2 unspecified atom stereocenters. The second-order valence-electron chi connectivity index (χ2n) is 4.44. The molecule has 0 amide bonds. The number of methoxy groups -OCH3 is 1. The molecule has 3 nitrogen and oxygen atoms in total. The number of carbonyl (C=O) groups is 1. The molecule has 0 N–H and O–H groups in total. The molecule has 1 rings (SSSR count). The SMILES string of the molecule is COC(=O)C1CCCCC1CN(C)C. The van der Waals surface area contributed by atoms with Crippen molar-refractivity contribution in [1.29, 1.82) is 0 Å². The molecular weight excluding hydrogens is 178 g/mol. The molecule has 0 saturated heterocycles. The number of nitrogens with zero attached hydrogens (tertiary/aromatic N) is 1. The highest BCUT2D eigenvalue weighted by atomic mass is 16.5. The highest BCUT2D eigenvalue weighted by Gasteiger charge is 2.31. The second kappa shape index (κ2) is 5.35. The Balaban J connectivity index is 2.54. The van der Waals surface area contributed by atoms with Gasteiger partial charge in [-0.3, -0.25) is 4.79 Å². The van der Waals surface area contributed by atoms with E-state index >= 15 is 0 Å². The van der Waals surface area contributed by atoms with E-state index in [9.17, 15) is 4.79 Å². The molecule has 82 valence electrons. The molecule has 0 bridgehead atoms. The third-order valence-corrected chi connectivity index (χ3v) is 3.01. The van der Waals surface area contributed by atoms with E-state index < -0.39 is 0 Å². The van der Waals surface area contributed by atoms with E-state index in [1.54, 1.807) is 0 Å². The van der Waals surface area contributed by atoms with Gasteiger partial charge >= 0.3 is 5.97 Å². The van der Waals surface area contributed by atoms with Crippen molar-refractivity contribution < 1.29 is 9.53 Å². The van der Waals surface area contributed by atoms with Gasteiger partial charge in [-0.15, -0.1) is 0 Å². The first-order valence-corrected chi connectivity index (χ1v) is 5.37. The minimum absolute atomic E-state index is 0.0171. The normalized spacial score (nSPS) is 27.7. The lowest BCUT2D eigenvalue weighted by Crippen LogP contribution is -2.34. The summed E-state index contributed by atoms with van der Waals surface area (Å²) in [5.74, 6) is 0.610. The molecule has 1 saturated carbocycles. The molecule has 0 radical (unpaired) electrons. The third kappa shape index (κ3) is 2.98. The van der Waals surface area contributed by atoms with Crippen LogP contribution < -0.4 is 0 Å². The van der Waals surface area contributed by atoms with Crippen LogP contribution in [0.5, 0.6) is 0 Å². The van der Waals surface area contributed by atoms with Crippen molar-refractivity contribution in [2.24, 2.45) is 11.8 Å². The molecule has 0 aromatic carbocycles. The van der Waals surface area contributed by atoms with Gasteiger partial charge in [0.15, 0.2) is 0 Å². The topological polar surface area (TPSA) is 29.5 Å². The van der Waals surface area contributed by atoms with Crippen LogP contribution in [0.4, 0.5) is 0 Å². The molecule has 3 heteroatoms. The number of hydrogen-bond acceptors (Lipinski definition) is 3. The van der Waals surface area contributed by atoms with Crippen LogP contribution in [0.25, 0.3) is 0 Å². The first-order valence-electron chi connectivity index (χ1n) is 5.37. The fraction of sp³-hybridized carbons (Fsp3) is 0.909. The Kier molecular flexibility index (Phi) is 4.39. The van der Waals surface area contributed by atoms with Gasteiger partial charge in [-0.05, 0) is 32.9 Å². The zero-order valence-electron chi connectivity index (χ0n) is 9.45. The molecule has 1 fully saturated rings. The maximum atomic E-state index is 11.5. The van der Waals surface area contributed by atoms with E-state index in [0.29, 0.717) is 5.92 Å². The van der Waals surface area contributed by atoms with E-state index in [1.165, 1.54) is 20.0 Å². The Morgan fingerprint density at radius 2 is 2.00 bits per heavy atom. The second-order valence-corrected chi connectivity index (χ2v) is 4.44. The smallest absolute Gasteiger partial charge is 0.308 e. The summed E-state index contributed by atoms with van der Waals surface area (Å²) >= 11 is 0. The molecule has 14 heavy (non-hydrogen) atoms. The Labute approximate surface area is 86.4 Å². The van der Waals surface area contributed by atoms with Crippen LogP contribution in [0.1, 0.15) is 25.7 Å². The zero-order chi connectivity index (χ0) is 10.6. The van der Waals surface area contributed by atoms with Gasteiger partial charge < -0.3 is 9.64 Å². The lowest BCUT2D eigenvalue weighted by Gasteiger charge is -2.31. The van der Waals surface area contributed by atoms with Crippen LogP contribution in [0, 0.1) is 11.8 Å². The van der Waals surface area contributed by atoms with Crippen LogP contribution >= 0.6 is 0 Å². The van der Waals surface area contributed by atoms with Crippen LogP contribution in [-0.2, 0) is 9.53 Å². The molecule has 0 aliphatic heterocycles. The monoisotopic (exact) mass is 199 g/mol. The van der Waals surface area contributed by atoms with E-state index in [4.69, 9.17) is 4.74 Å². The first-order chi connectivity index (χ1) is 6.65. The molecule has 0 spiro atoms. The van der Waals surface area contributed by atoms with E-state index in [-0.39, 0.29) is 11.9 Å². The standard InChI is InChI=1S/C11H21NO2/c1-12(2)8-9-6-4-5-7-10(9)11(13)14-3/h9-10H,4-8H2,1-3H3. The molecule has 0 aromatic heterocycles. The van der Waals surface area contributed by atoms with Crippen LogP contribution in [0.2, 0.25) is 0 Å². The van der Waals surface area contributed by atoms with Gasteiger partial charge in [0.05, 0.1) is 13.0 Å². The van der Waals surface area contributed by atoms with Crippen LogP contribution in [-0.4, -0.2) is 38.6 Å². The van der Waals surface area contributed by atoms with Gasteiger partial charge in [-0.25, -0.2) is 0 Å². The minimum Gasteiger partial charge on any atom is -0.469 e. The average Bonchev–Trinajstić information content (AvgIpc) is 2.16. The molecule has 0 heterocycles. The lowest BCUT2D eigenvalue weighted by molar-refractivity contribution is -0.148. The van der Waals surface area contributed by atoms with Gasteiger partial charge in [0, 0.05) is 6.54 Å². The van der Waals surface area contributed by atoms with E-state index in [1.807, 2.05) is 0 Å². The Bertz CT molecular complexity index is 192. The Hall–Kier alpha value is -0.570. The molecule has 1 aliphatic rings. The molecule has 2 atom stereocenters. The average molecular weight is 199 g/mol. The number of carbonyl (C=O) groups excluding carboxylic acids is 1. The first kappa shape index (κ1) is 11.5. The summed E-state index contributed by atoms with van der Waals surface area (Å²) < 4.78 is 4.84. The maximum absolute atomic E-state index is 11.5. The Morgan fingerprint density at radius 3 is 2.57 bits per heavy atom. The van der Waals surface area contributed by atoms with Gasteiger partial charge in [-0.2, -0.15) is 0 Å². The third-order valence-electron chi connectivity index (χ3n) is 3.01. The summed E-state index contributed by atoms with van der Waals surface area (Å²) in [6, 6.07) is 0. The maximum Gasteiger partial charge on any atom is 0.308 e. The molecular formula is C11H21NO2. The summed E-state index contributed by atoms with van der Waals surface area (Å²) in [7, 11) is 5.61. The van der Waals surface area contributed by atoms with Crippen molar-refractivity contribution in [2.75, 3.05) is 27.7 Å². The molecule has 0 aromatic rings. The molecule has 1 aliphatic carbocycles. The summed E-state index contributed by atoms with van der Waals surface area (Å²) in [4.78, 5) is 13.7. The number of esters is 1. The quantitative estimate of drug-likeness (QED) is 0.646. The van der Waals surface area contributed by atoms with Gasteiger partial charge in [0.25, 0.3) is 0 Å². The predicted octanol–water partition coefficient (Wildman–Crippen LogP) is 1.53. The van der Waals surface area contributed by atoms with Crippen molar-refractivity contribution in [2.45, 2.75) is 25.7 Å². The summed E-state index contributed by atoms with van der Waals surface area (Å²) in [5, 5.41) is 0. The summed E-state index contributed by atoms with van der Waals surface area (Å²) in [6.45, 7) is 1.000. The van der Waals surface area contributed by atoms with Crippen molar-refractivity contribution >= 4 is 5.97 Å². The van der Waals surface area contributed by atoms with Crippen molar-refractivity contribution in [1.82, 2.24) is 4.90 Å². The zero-order valence-corrected chi connectivity index (χ0v) is 9.45. The highest BCUT2D eigenvalue weighted by Crippen LogP contribution is 2.31. The largest absolute Gasteiger partial charge is 0.469 e. The minimum atomic E-state index is -0.0171. The predicted molar refractivity (Wildman–Crippen MR) is 56.0 cm³/mol. The van der Waals surface area contributed by atoms with Gasteiger partial charge in [0.1, 0.15) is 0 Å². The Morgan fingerprint density at radius 1 is 1.36 bits per heavy atom. The van der Waals surface area contributed by atoms with E-state index in [0.717, 1.165) is 19.4 Å². The fourth-order valence-corrected chi connectivity index (χ4v) is 2.36.